The molecule has 6 heteroatoms. The third-order valence-corrected chi connectivity index (χ3v) is 3.47. The Morgan fingerprint density at radius 1 is 1.04 bits per heavy atom. The van der Waals surface area contributed by atoms with Gasteiger partial charge in [0.1, 0.15) is 18.8 Å². The second-order valence-electron chi connectivity index (χ2n) is 5.47. The predicted octanol–water partition coefficient (Wildman–Crippen LogP) is 2.08. The number of hydrogen-bond acceptors (Lipinski definition) is 6. The zero-order valence-corrected chi connectivity index (χ0v) is 13.6. The summed E-state index contributed by atoms with van der Waals surface area (Å²) < 4.78 is 15.9. The van der Waals surface area contributed by atoms with Gasteiger partial charge in [-0.2, -0.15) is 0 Å². The van der Waals surface area contributed by atoms with Crippen LogP contribution in [0.3, 0.4) is 0 Å². The van der Waals surface area contributed by atoms with Crippen molar-refractivity contribution in [3.8, 4) is 0 Å². The largest absolute Gasteiger partial charge is 0.463 e. The fourth-order valence-corrected chi connectivity index (χ4v) is 2.39. The van der Waals surface area contributed by atoms with E-state index in [4.69, 9.17) is 14.2 Å². The van der Waals surface area contributed by atoms with Gasteiger partial charge in [0.15, 0.2) is 5.78 Å². The fourth-order valence-electron chi connectivity index (χ4n) is 2.39. The van der Waals surface area contributed by atoms with E-state index < -0.39 is 30.3 Å². The first-order valence-corrected chi connectivity index (χ1v) is 7.68. The van der Waals surface area contributed by atoms with Crippen molar-refractivity contribution in [3.05, 3.63) is 48.0 Å². The zero-order valence-electron chi connectivity index (χ0n) is 13.6. The standard InChI is InChI=1S/C18H20O6/c1-12(19)22-11-18-17(23-13(2)20)9-8-15(24-18)10-16(21)14-6-4-3-5-7-14/h3-9,15,17-18H,10-11H2,1-2H3. The topological polar surface area (TPSA) is 78.9 Å². The molecule has 0 amide bonds. The average Bonchev–Trinajstić information content (AvgIpc) is 2.55. The third-order valence-electron chi connectivity index (χ3n) is 3.47. The number of hydrogen-bond donors (Lipinski definition) is 0. The van der Waals surface area contributed by atoms with Crippen LogP contribution in [-0.2, 0) is 23.8 Å². The van der Waals surface area contributed by atoms with E-state index >= 15 is 0 Å². The van der Waals surface area contributed by atoms with Crippen LogP contribution in [0.5, 0.6) is 0 Å². The van der Waals surface area contributed by atoms with Gasteiger partial charge in [0.05, 0.1) is 6.10 Å². The molecule has 2 rings (SSSR count). The summed E-state index contributed by atoms with van der Waals surface area (Å²) in [5.41, 5.74) is 0.605. The summed E-state index contributed by atoms with van der Waals surface area (Å²) >= 11 is 0. The van der Waals surface area contributed by atoms with Gasteiger partial charge in [-0.15, -0.1) is 0 Å². The van der Waals surface area contributed by atoms with Gasteiger partial charge in [-0.3, -0.25) is 14.4 Å². The molecule has 0 fully saturated rings. The Labute approximate surface area is 140 Å². The van der Waals surface area contributed by atoms with Crippen molar-refractivity contribution >= 4 is 17.7 Å². The highest BCUT2D eigenvalue weighted by Crippen LogP contribution is 2.20. The first kappa shape index (κ1) is 17.9. The predicted molar refractivity (Wildman–Crippen MR) is 85.4 cm³/mol. The number of rotatable bonds is 6. The van der Waals surface area contributed by atoms with Crippen LogP contribution < -0.4 is 0 Å². The molecule has 0 aromatic heterocycles. The number of carbonyl (C=O) groups excluding carboxylic acids is 3. The van der Waals surface area contributed by atoms with Gasteiger partial charge in [0.25, 0.3) is 0 Å². The maximum Gasteiger partial charge on any atom is 0.303 e. The fraction of sp³-hybridized carbons (Fsp3) is 0.389. The molecule has 6 nitrogen and oxygen atoms in total. The van der Waals surface area contributed by atoms with Crippen LogP contribution in [0.1, 0.15) is 30.6 Å². The molecular formula is C18H20O6. The Hall–Kier alpha value is -2.47. The lowest BCUT2D eigenvalue weighted by molar-refractivity contribution is -0.163. The number of esters is 2. The quantitative estimate of drug-likeness (QED) is 0.451. The van der Waals surface area contributed by atoms with Gasteiger partial charge in [-0.1, -0.05) is 36.4 Å². The van der Waals surface area contributed by atoms with Crippen molar-refractivity contribution in [3.63, 3.8) is 0 Å². The molecule has 1 aliphatic heterocycles. The molecule has 3 atom stereocenters. The van der Waals surface area contributed by atoms with E-state index in [0.29, 0.717) is 5.56 Å². The highest BCUT2D eigenvalue weighted by molar-refractivity contribution is 5.96. The molecule has 0 N–H and O–H groups in total. The Kier molecular flexibility index (Phi) is 6.26. The van der Waals surface area contributed by atoms with Crippen molar-refractivity contribution in [1.29, 1.82) is 0 Å². The number of ketones is 1. The third kappa shape index (κ3) is 5.31. The summed E-state index contributed by atoms with van der Waals surface area (Å²) in [6.45, 7) is 2.53. The molecule has 1 aliphatic rings. The van der Waals surface area contributed by atoms with Crippen molar-refractivity contribution in [2.24, 2.45) is 0 Å². The van der Waals surface area contributed by atoms with Crippen LogP contribution in [0, 0.1) is 0 Å². The van der Waals surface area contributed by atoms with Gasteiger partial charge in [-0.05, 0) is 6.08 Å². The average molecular weight is 332 g/mol. The van der Waals surface area contributed by atoms with Gasteiger partial charge in [0.2, 0.25) is 0 Å². The maximum absolute atomic E-state index is 12.3. The molecule has 0 aliphatic carbocycles. The summed E-state index contributed by atoms with van der Waals surface area (Å²) in [5.74, 6) is -0.964. The van der Waals surface area contributed by atoms with E-state index in [0.717, 1.165) is 0 Å². The van der Waals surface area contributed by atoms with Crippen LogP contribution in [0.15, 0.2) is 42.5 Å². The first-order valence-electron chi connectivity index (χ1n) is 7.68. The van der Waals surface area contributed by atoms with Crippen LogP contribution in [0.25, 0.3) is 0 Å². The normalized spacial score (nSPS) is 22.7. The van der Waals surface area contributed by atoms with Gasteiger partial charge in [0, 0.05) is 25.8 Å². The second-order valence-corrected chi connectivity index (χ2v) is 5.47. The van der Waals surface area contributed by atoms with Crippen LogP contribution in [0.2, 0.25) is 0 Å². The molecular weight excluding hydrogens is 312 g/mol. The molecule has 0 radical (unpaired) electrons. The smallest absolute Gasteiger partial charge is 0.303 e. The zero-order chi connectivity index (χ0) is 17.5. The molecule has 1 aromatic rings. The summed E-state index contributed by atoms with van der Waals surface area (Å²) in [6.07, 6.45) is 1.76. The van der Waals surface area contributed by atoms with E-state index in [9.17, 15) is 14.4 Å². The van der Waals surface area contributed by atoms with E-state index in [2.05, 4.69) is 0 Å². The summed E-state index contributed by atoms with van der Waals surface area (Å²) in [4.78, 5) is 34.4. The SMILES string of the molecule is CC(=O)OCC1OC(CC(=O)c2ccccc2)C=CC1OC(C)=O. The van der Waals surface area contributed by atoms with E-state index in [1.54, 1.807) is 36.4 Å². The van der Waals surface area contributed by atoms with E-state index in [-0.39, 0.29) is 18.8 Å². The molecule has 24 heavy (non-hydrogen) atoms. The molecule has 3 unspecified atom stereocenters. The molecule has 1 heterocycles. The van der Waals surface area contributed by atoms with E-state index in [1.807, 2.05) is 6.07 Å². The minimum absolute atomic E-state index is 0.0480. The first-order chi connectivity index (χ1) is 11.5. The van der Waals surface area contributed by atoms with Crippen molar-refractivity contribution < 1.29 is 28.6 Å². The lowest BCUT2D eigenvalue weighted by Crippen LogP contribution is -2.41. The van der Waals surface area contributed by atoms with Crippen molar-refractivity contribution in [2.75, 3.05) is 6.61 Å². The van der Waals surface area contributed by atoms with Crippen LogP contribution in [0.4, 0.5) is 0 Å². The molecule has 0 bridgehead atoms. The Bertz CT molecular complexity index is 622. The summed E-state index contributed by atoms with van der Waals surface area (Å²) in [5, 5.41) is 0. The number of benzene rings is 1. The number of ether oxygens (including phenoxy) is 3. The molecule has 0 saturated heterocycles. The number of carbonyl (C=O) groups is 3. The molecule has 128 valence electrons. The lowest BCUT2D eigenvalue weighted by Gasteiger charge is -2.31. The highest BCUT2D eigenvalue weighted by Gasteiger charge is 2.31. The minimum atomic E-state index is -0.648. The lowest BCUT2D eigenvalue weighted by atomic mass is 10.0. The molecule has 1 aromatic carbocycles. The highest BCUT2D eigenvalue weighted by atomic mass is 16.6. The van der Waals surface area contributed by atoms with Crippen LogP contribution >= 0.6 is 0 Å². The Morgan fingerprint density at radius 2 is 1.75 bits per heavy atom. The van der Waals surface area contributed by atoms with Crippen molar-refractivity contribution in [1.82, 2.24) is 0 Å². The van der Waals surface area contributed by atoms with Gasteiger partial charge in [-0.25, -0.2) is 0 Å². The van der Waals surface area contributed by atoms with Crippen molar-refractivity contribution in [2.45, 2.75) is 38.6 Å². The number of Topliss-reactive ketones (excluding diaryl/α,β-unsaturated/α-hetero) is 1. The summed E-state index contributed by atoms with van der Waals surface area (Å²) in [6, 6.07) is 8.92. The van der Waals surface area contributed by atoms with E-state index in [1.165, 1.54) is 13.8 Å². The monoisotopic (exact) mass is 332 g/mol. The second kappa shape index (κ2) is 8.40. The minimum Gasteiger partial charge on any atom is -0.463 e. The van der Waals surface area contributed by atoms with Crippen LogP contribution in [-0.4, -0.2) is 42.6 Å². The van der Waals surface area contributed by atoms with Gasteiger partial charge < -0.3 is 14.2 Å². The Morgan fingerprint density at radius 3 is 2.38 bits per heavy atom. The Balaban J connectivity index is 2.02. The van der Waals surface area contributed by atoms with Gasteiger partial charge >= 0.3 is 11.9 Å². The maximum atomic E-state index is 12.3. The molecule has 0 saturated carbocycles. The summed E-state index contributed by atoms with van der Waals surface area (Å²) in [7, 11) is 0. The molecule has 0 spiro atoms.